The largest absolute Gasteiger partial charge is 0.381 e. The zero-order chi connectivity index (χ0) is 18.6. The molecule has 0 atom stereocenters. The van der Waals surface area contributed by atoms with Gasteiger partial charge >= 0.3 is 0 Å². The van der Waals surface area contributed by atoms with Gasteiger partial charge in [0.1, 0.15) is 5.82 Å². The van der Waals surface area contributed by atoms with Crippen LogP contribution in [-0.4, -0.2) is 47.6 Å². The first-order valence-corrected chi connectivity index (χ1v) is 9.70. The highest BCUT2D eigenvalue weighted by atomic mass is 16.5. The van der Waals surface area contributed by atoms with E-state index in [0.29, 0.717) is 19.8 Å². The molecule has 1 saturated heterocycles. The molecule has 0 aliphatic carbocycles. The predicted octanol–water partition coefficient (Wildman–Crippen LogP) is 2.89. The first kappa shape index (κ1) is 17.9. The number of nitrogens with zero attached hydrogens (tertiary/aromatic N) is 3. The number of amides is 1. The number of fused-ring (bicyclic) bond motifs is 1. The van der Waals surface area contributed by atoms with Crippen molar-refractivity contribution in [2.45, 2.75) is 32.2 Å². The molecule has 0 bridgehead atoms. The lowest BCUT2D eigenvalue weighted by molar-refractivity contribution is -0.137. The molecule has 0 radical (unpaired) electrons. The van der Waals surface area contributed by atoms with Crippen LogP contribution in [0.2, 0.25) is 0 Å². The van der Waals surface area contributed by atoms with E-state index in [1.807, 2.05) is 30.5 Å². The zero-order valence-corrected chi connectivity index (χ0v) is 15.8. The second kappa shape index (κ2) is 8.05. The monoisotopic (exact) mass is 366 g/mol. The molecular weight excluding hydrogens is 340 g/mol. The van der Waals surface area contributed by atoms with E-state index in [9.17, 15) is 4.79 Å². The summed E-state index contributed by atoms with van der Waals surface area (Å²) in [7, 11) is 1.87. The summed E-state index contributed by atoms with van der Waals surface area (Å²) in [5.41, 5.74) is 4.41. The van der Waals surface area contributed by atoms with E-state index in [0.717, 1.165) is 54.7 Å². The maximum absolute atomic E-state index is 12.7. The van der Waals surface area contributed by atoms with E-state index < -0.39 is 0 Å². The molecule has 27 heavy (non-hydrogen) atoms. The fourth-order valence-corrected chi connectivity index (χ4v) is 3.84. The molecule has 4 heterocycles. The minimum absolute atomic E-state index is 0.0808. The molecule has 2 aliphatic heterocycles. The summed E-state index contributed by atoms with van der Waals surface area (Å²) in [6.45, 7) is 2.92. The second-order valence-electron chi connectivity index (χ2n) is 7.42. The van der Waals surface area contributed by atoms with Crippen LogP contribution in [0.3, 0.4) is 0 Å². The van der Waals surface area contributed by atoms with Crippen molar-refractivity contribution >= 4 is 11.7 Å². The van der Waals surface area contributed by atoms with Gasteiger partial charge < -0.3 is 15.0 Å². The normalized spacial score (nSPS) is 17.1. The van der Waals surface area contributed by atoms with Gasteiger partial charge in [-0.1, -0.05) is 0 Å². The van der Waals surface area contributed by atoms with Gasteiger partial charge in [0.2, 0.25) is 5.91 Å². The molecule has 4 rings (SSSR count). The standard InChI is InChI=1S/C21H26N4O2/c1-25(21(26)16-4-7-27-8-5-16)14-15-9-18(12-22-11-15)19-10-17-3-2-6-23-20(17)24-13-19/h9-13,16H,2-8,14H2,1H3,(H,23,24). The second-order valence-corrected chi connectivity index (χ2v) is 7.42. The quantitative estimate of drug-likeness (QED) is 0.901. The molecule has 1 amide bonds. The SMILES string of the molecule is CN(Cc1cncc(-c2cnc3c(c2)CCCN3)c1)C(=O)C1CCOCC1. The molecule has 2 aromatic heterocycles. The minimum atomic E-state index is 0.0808. The molecule has 0 unspecified atom stereocenters. The Labute approximate surface area is 160 Å². The van der Waals surface area contributed by atoms with Crippen molar-refractivity contribution in [3.8, 4) is 11.1 Å². The van der Waals surface area contributed by atoms with Crippen molar-refractivity contribution in [1.29, 1.82) is 0 Å². The summed E-state index contributed by atoms with van der Waals surface area (Å²) in [5, 5.41) is 3.34. The lowest BCUT2D eigenvalue weighted by atomic mass is 9.98. The fraction of sp³-hybridized carbons (Fsp3) is 0.476. The number of hydrogen-bond donors (Lipinski definition) is 1. The Bertz CT molecular complexity index is 818. The number of ether oxygens (including phenoxy) is 1. The molecule has 6 heteroatoms. The van der Waals surface area contributed by atoms with Gasteiger partial charge in [-0.15, -0.1) is 0 Å². The lowest BCUT2D eigenvalue weighted by Gasteiger charge is -2.26. The molecule has 0 aromatic carbocycles. The number of carbonyl (C=O) groups is 1. The van der Waals surface area contributed by atoms with Crippen LogP contribution in [0.25, 0.3) is 11.1 Å². The average Bonchev–Trinajstić information content (AvgIpc) is 2.73. The van der Waals surface area contributed by atoms with Gasteiger partial charge in [-0.3, -0.25) is 9.78 Å². The number of rotatable bonds is 4. The Balaban J connectivity index is 1.48. The van der Waals surface area contributed by atoms with Crippen molar-refractivity contribution in [3.63, 3.8) is 0 Å². The molecule has 0 spiro atoms. The van der Waals surface area contributed by atoms with Gasteiger partial charge in [-0.25, -0.2) is 4.98 Å². The van der Waals surface area contributed by atoms with Gasteiger partial charge in [0.25, 0.3) is 0 Å². The van der Waals surface area contributed by atoms with E-state index in [2.05, 4.69) is 27.4 Å². The van der Waals surface area contributed by atoms with Crippen LogP contribution in [0.15, 0.2) is 30.7 Å². The van der Waals surface area contributed by atoms with Crippen LogP contribution in [0.1, 0.15) is 30.4 Å². The number of anilines is 1. The topological polar surface area (TPSA) is 67.4 Å². The van der Waals surface area contributed by atoms with Gasteiger partial charge in [-0.2, -0.15) is 0 Å². The Morgan fingerprint density at radius 1 is 1.22 bits per heavy atom. The number of nitrogens with one attached hydrogen (secondary N) is 1. The van der Waals surface area contributed by atoms with Crippen molar-refractivity contribution < 1.29 is 9.53 Å². The Morgan fingerprint density at radius 2 is 2.04 bits per heavy atom. The average molecular weight is 366 g/mol. The highest BCUT2D eigenvalue weighted by Gasteiger charge is 2.24. The van der Waals surface area contributed by atoms with Crippen molar-refractivity contribution in [3.05, 3.63) is 41.9 Å². The minimum Gasteiger partial charge on any atom is -0.381 e. The summed E-state index contributed by atoms with van der Waals surface area (Å²) >= 11 is 0. The summed E-state index contributed by atoms with van der Waals surface area (Å²) < 4.78 is 5.36. The van der Waals surface area contributed by atoms with Gasteiger partial charge in [0, 0.05) is 69.0 Å². The summed E-state index contributed by atoms with van der Waals surface area (Å²) in [5.74, 6) is 1.28. The summed E-state index contributed by atoms with van der Waals surface area (Å²) in [4.78, 5) is 23.4. The number of carbonyl (C=O) groups excluding carboxylic acids is 1. The molecule has 142 valence electrons. The Hall–Kier alpha value is -2.47. The first-order chi connectivity index (χ1) is 13.2. The van der Waals surface area contributed by atoms with E-state index in [1.54, 1.807) is 0 Å². The number of aryl methyl sites for hydroxylation is 1. The van der Waals surface area contributed by atoms with E-state index in [4.69, 9.17) is 4.74 Å². The fourth-order valence-electron chi connectivity index (χ4n) is 3.84. The Morgan fingerprint density at radius 3 is 2.89 bits per heavy atom. The highest BCUT2D eigenvalue weighted by molar-refractivity contribution is 5.78. The number of aromatic nitrogens is 2. The summed E-state index contributed by atoms with van der Waals surface area (Å²) in [6.07, 6.45) is 9.42. The van der Waals surface area contributed by atoms with Crippen LogP contribution in [-0.2, 0) is 22.5 Å². The van der Waals surface area contributed by atoms with Crippen LogP contribution in [0.5, 0.6) is 0 Å². The van der Waals surface area contributed by atoms with Crippen LogP contribution < -0.4 is 5.32 Å². The molecule has 2 aromatic rings. The van der Waals surface area contributed by atoms with Crippen LogP contribution in [0.4, 0.5) is 5.82 Å². The third-order valence-corrected chi connectivity index (χ3v) is 5.38. The maximum atomic E-state index is 12.7. The molecule has 1 N–H and O–H groups in total. The van der Waals surface area contributed by atoms with Crippen molar-refractivity contribution in [2.24, 2.45) is 5.92 Å². The Kier molecular flexibility index (Phi) is 5.34. The zero-order valence-electron chi connectivity index (χ0n) is 15.8. The number of pyridine rings is 2. The van der Waals surface area contributed by atoms with E-state index >= 15 is 0 Å². The first-order valence-electron chi connectivity index (χ1n) is 9.70. The summed E-state index contributed by atoms with van der Waals surface area (Å²) in [6, 6.07) is 4.31. The molecule has 2 aliphatic rings. The van der Waals surface area contributed by atoms with Gasteiger partial charge in [-0.05, 0) is 48.9 Å². The van der Waals surface area contributed by atoms with Crippen molar-refractivity contribution in [1.82, 2.24) is 14.9 Å². The van der Waals surface area contributed by atoms with Gasteiger partial charge in [0.05, 0.1) is 0 Å². The molecule has 1 fully saturated rings. The highest BCUT2D eigenvalue weighted by Crippen LogP contribution is 2.26. The lowest BCUT2D eigenvalue weighted by Crippen LogP contribution is -2.35. The number of hydrogen-bond acceptors (Lipinski definition) is 5. The predicted molar refractivity (Wildman–Crippen MR) is 104 cm³/mol. The van der Waals surface area contributed by atoms with E-state index in [1.165, 1.54) is 5.56 Å². The van der Waals surface area contributed by atoms with Crippen LogP contribution in [0, 0.1) is 5.92 Å². The smallest absolute Gasteiger partial charge is 0.225 e. The third-order valence-electron chi connectivity index (χ3n) is 5.38. The van der Waals surface area contributed by atoms with E-state index in [-0.39, 0.29) is 11.8 Å². The third kappa shape index (κ3) is 4.11. The molecule has 6 nitrogen and oxygen atoms in total. The molecular formula is C21H26N4O2. The molecule has 0 saturated carbocycles. The van der Waals surface area contributed by atoms with Crippen molar-refractivity contribution in [2.75, 3.05) is 32.1 Å². The van der Waals surface area contributed by atoms with Gasteiger partial charge in [0.15, 0.2) is 0 Å². The van der Waals surface area contributed by atoms with Crippen LogP contribution >= 0.6 is 0 Å². The maximum Gasteiger partial charge on any atom is 0.225 e.